The summed E-state index contributed by atoms with van der Waals surface area (Å²) in [5, 5.41) is 3.94. The molecule has 1 aromatic carbocycles. The van der Waals surface area contributed by atoms with E-state index in [1.165, 1.54) is 10.7 Å². The lowest BCUT2D eigenvalue weighted by atomic mass is 10.3. The van der Waals surface area contributed by atoms with E-state index < -0.39 is 0 Å². The van der Waals surface area contributed by atoms with Crippen molar-refractivity contribution in [1.82, 2.24) is 14.8 Å². The number of anilines is 1. The molecule has 6 heteroatoms. The van der Waals surface area contributed by atoms with Crippen LogP contribution in [0.2, 0.25) is 0 Å². The van der Waals surface area contributed by atoms with Gasteiger partial charge in [0.15, 0.2) is 5.58 Å². The summed E-state index contributed by atoms with van der Waals surface area (Å²) in [5.41, 5.74) is 7.35. The minimum atomic E-state index is -0.201. The Morgan fingerprint density at radius 3 is 2.94 bits per heavy atom. The number of para-hydroxylation sites is 1. The highest BCUT2D eigenvalue weighted by Gasteiger charge is 2.09. The lowest BCUT2D eigenvalue weighted by molar-refractivity contribution is 0.481. The molecule has 90 valence electrons. The van der Waals surface area contributed by atoms with Crippen LogP contribution in [-0.2, 0) is 6.54 Å². The van der Waals surface area contributed by atoms with Crippen molar-refractivity contribution in [2.75, 3.05) is 5.73 Å². The summed E-state index contributed by atoms with van der Waals surface area (Å²) in [6.07, 6.45) is 1.54. The van der Waals surface area contributed by atoms with Crippen molar-refractivity contribution in [2.24, 2.45) is 0 Å². The van der Waals surface area contributed by atoms with Crippen LogP contribution in [0, 0.1) is 0 Å². The van der Waals surface area contributed by atoms with Gasteiger partial charge in [-0.1, -0.05) is 6.07 Å². The zero-order valence-corrected chi connectivity index (χ0v) is 9.41. The number of aromatic nitrogens is 3. The molecule has 0 aliphatic heterocycles. The fourth-order valence-corrected chi connectivity index (χ4v) is 1.72. The Bertz CT molecular complexity index is 760. The predicted octanol–water partition coefficient (Wildman–Crippen LogP) is 1.01. The van der Waals surface area contributed by atoms with E-state index in [2.05, 4.69) is 10.1 Å². The molecule has 0 saturated heterocycles. The molecular formula is C12H10N4O2. The van der Waals surface area contributed by atoms with Crippen LogP contribution < -0.4 is 11.3 Å². The molecule has 0 bridgehead atoms. The highest BCUT2D eigenvalue weighted by molar-refractivity contribution is 5.85. The minimum absolute atomic E-state index is 0.188. The zero-order valence-electron chi connectivity index (χ0n) is 9.41. The summed E-state index contributed by atoms with van der Waals surface area (Å²) < 4.78 is 6.80. The molecule has 0 unspecified atom stereocenters. The van der Waals surface area contributed by atoms with E-state index in [-0.39, 0.29) is 12.1 Å². The van der Waals surface area contributed by atoms with Gasteiger partial charge in [-0.2, -0.15) is 5.10 Å². The van der Waals surface area contributed by atoms with E-state index in [0.717, 1.165) is 0 Å². The van der Waals surface area contributed by atoms with Crippen LogP contribution in [0.1, 0.15) is 5.89 Å². The van der Waals surface area contributed by atoms with Crippen molar-refractivity contribution in [3.05, 3.63) is 52.8 Å². The molecule has 18 heavy (non-hydrogen) atoms. The molecule has 0 atom stereocenters. The number of nitrogens with two attached hydrogens (primary N) is 1. The molecule has 6 nitrogen and oxygen atoms in total. The van der Waals surface area contributed by atoms with E-state index in [9.17, 15) is 4.79 Å². The summed E-state index contributed by atoms with van der Waals surface area (Å²) in [7, 11) is 0. The number of hydrogen-bond acceptors (Lipinski definition) is 5. The maximum absolute atomic E-state index is 11.5. The topological polar surface area (TPSA) is 86.9 Å². The molecule has 0 fully saturated rings. The van der Waals surface area contributed by atoms with E-state index in [1.54, 1.807) is 30.5 Å². The van der Waals surface area contributed by atoms with Crippen LogP contribution in [0.3, 0.4) is 0 Å². The molecule has 0 aliphatic carbocycles. The van der Waals surface area contributed by atoms with Crippen molar-refractivity contribution >= 4 is 16.8 Å². The number of benzene rings is 1. The minimum Gasteiger partial charge on any atom is -0.439 e. The molecule has 3 aromatic rings. The Balaban J connectivity index is 2.04. The van der Waals surface area contributed by atoms with E-state index in [1.807, 2.05) is 0 Å². The van der Waals surface area contributed by atoms with Gasteiger partial charge in [0, 0.05) is 12.3 Å². The maximum atomic E-state index is 11.5. The standard InChI is InChI=1S/C12H10N4O2/c13-8-3-1-4-9-12(8)15-10(18-9)7-16-11(17)5-2-6-14-16/h1-6H,7,13H2. The first-order valence-electron chi connectivity index (χ1n) is 5.40. The van der Waals surface area contributed by atoms with Crippen LogP contribution in [-0.4, -0.2) is 14.8 Å². The fraction of sp³-hybridized carbons (Fsp3) is 0.0833. The first-order chi connectivity index (χ1) is 8.74. The van der Waals surface area contributed by atoms with E-state index in [0.29, 0.717) is 22.7 Å². The SMILES string of the molecule is Nc1cccc2oc(Cn3ncccc3=O)nc12. The number of hydrogen-bond donors (Lipinski definition) is 1. The van der Waals surface area contributed by atoms with Gasteiger partial charge in [0.1, 0.15) is 12.1 Å². The quantitative estimate of drug-likeness (QED) is 0.678. The third-order valence-corrected chi connectivity index (χ3v) is 2.56. The van der Waals surface area contributed by atoms with Crippen molar-refractivity contribution in [3.8, 4) is 0 Å². The first kappa shape index (κ1) is 10.5. The second-order valence-electron chi connectivity index (χ2n) is 3.82. The molecule has 2 heterocycles. The van der Waals surface area contributed by atoms with Gasteiger partial charge < -0.3 is 10.2 Å². The summed E-state index contributed by atoms with van der Waals surface area (Å²) >= 11 is 0. The van der Waals surface area contributed by atoms with Gasteiger partial charge in [-0.05, 0) is 18.2 Å². The smallest absolute Gasteiger partial charge is 0.267 e. The highest BCUT2D eigenvalue weighted by Crippen LogP contribution is 2.21. The molecule has 0 spiro atoms. The Hall–Kier alpha value is -2.63. The normalized spacial score (nSPS) is 10.9. The third-order valence-electron chi connectivity index (χ3n) is 2.56. The summed E-state index contributed by atoms with van der Waals surface area (Å²) in [5.74, 6) is 0.406. The van der Waals surface area contributed by atoms with E-state index in [4.69, 9.17) is 10.2 Å². The number of nitrogen functional groups attached to an aromatic ring is 1. The fourth-order valence-electron chi connectivity index (χ4n) is 1.72. The number of rotatable bonds is 2. The number of oxazole rings is 1. The van der Waals surface area contributed by atoms with Crippen LogP contribution >= 0.6 is 0 Å². The number of nitrogens with zero attached hydrogens (tertiary/aromatic N) is 3. The summed E-state index contributed by atoms with van der Waals surface area (Å²) in [6, 6.07) is 8.34. The average molecular weight is 242 g/mol. The van der Waals surface area contributed by atoms with Gasteiger partial charge in [0.25, 0.3) is 5.56 Å². The van der Waals surface area contributed by atoms with Crippen LogP contribution in [0.4, 0.5) is 5.69 Å². The first-order valence-corrected chi connectivity index (χ1v) is 5.40. The van der Waals surface area contributed by atoms with Gasteiger partial charge >= 0.3 is 0 Å². The molecule has 2 N–H and O–H groups in total. The van der Waals surface area contributed by atoms with Crippen molar-refractivity contribution in [2.45, 2.75) is 6.54 Å². The molecular weight excluding hydrogens is 232 g/mol. The number of fused-ring (bicyclic) bond motifs is 1. The Morgan fingerprint density at radius 2 is 2.17 bits per heavy atom. The van der Waals surface area contributed by atoms with E-state index >= 15 is 0 Å². The van der Waals surface area contributed by atoms with Gasteiger partial charge in [-0.15, -0.1) is 0 Å². The highest BCUT2D eigenvalue weighted by atomic mass is 16.3. The van der Waals surface area contributed by atoms with Crippen molar-refractivity contribution in [1.29, 1.82) is 0 Å². The largest absolute Gasteiger partial charge is 0.439 e. The molecule has 0 amide bonds. The Kier molecular flexibility index (Phi) is 2.33. The van der Waals surface area contributed by atoms with Gasteiger partial charge in [-0.25, -0.2) is 9.67 Å². The van der Waals surface area contributed by atoms with Gasteiger partial charge in [-0.3, -0.25) is 4.79 Å². The summed E-state index contributed by atoms with van der Waals surface area (Å²) in [4.78, 5) is 15.8. The van der Waals surface area contributed by atoms with Gasteiger partial charge in [0.05, 0.1) is 5.69 Å². The average Bonchev–Trinajstić information content (AvgIpc) is 2.76. The Labute approximate surface area is 102 Å². The third kappa shape index (κ3) is 1.73. The molecule has 0 aliphatic rings. The van der Waals surface area contributed by atoms with Crippen molar-refractivity contribution in [3.63, 3.8) is 0 Å². The summed E-state index contributed by atoms with van der Waals surface area (Å²) in [6.45, 7) is 0.188. The Morgan fingerprint density at radius 1 is 1.28 bits per heavy atom. The molecule has 0 radical (unpaired) electrons. The molecule has 0 saturated carbocycles. The van der Waals surface area contributed by atoms with Crippen molar-refractivity contribution < 1.29 is 4.42 Å². The van der Waals surface area contributed by atoms with Crippen LogP contribution in [0.25, 0.3) is 11.1 Å². The van der Waals surface area contributed by atoms with Gasteiger partial charge in [0.2, 0.25) is 5.89 Å². The monoisotopic (exact) mass is 242 g/mol. The molecule has 3 rings (SSSR count). The second-order valence-corrected chi connectivity index (χ2v) is 3.82. The second kappa shape index (κ2) is 3.99. The maximum Gasteiger partial charge on any atom is 0.267 e. The van der Waals surface area contributed by atoms with Crippen LogP contribution in [0.5, 0.6) is 0 Å². The lowest BCUT2D eigenvalue weighted by Crippen LogP contribution is -2.21. The predicted molar refractivity (Wildman–Crippen MR) is 66.0 cm³/mol. The lowest BCUT2D eigenvalue weighted by Gasteiger charge is -1.98. The zero-order chi connectivity index (χ0) is 12.5. The van der Waals surface area contributed by atoms with Crippen LogP contribution in [0.15, 0.2) is 45.7 Å². The molecule has 2 aromatic heterocycles.